The maximum Gasteiger partial charge on any atom is 0.325 e. The number of esters is 2. The highest BCUT2D eigenvalue weighted by molar-refractivity contribution is 7.11. The molecular formula is C22H22N6O8S. The highest BCUT2D eigenvalue weighted by Gasteiger charge is 2.22. The second kappa shape index (κ2) is 11.9. The van der Waals surface area contributed by atoms with Gasteiger partial charge in [0.05, 0.1) is 43.1 Å². The number of nitrogens with one attached hydrogen (secondary N) is 1. The normalized spacial score (nSPS) is 10.8. The second-order valence-corrected chi connectivity index (χ2v) is 8.13. The van der Waals surface area contributed by atoms with Crippen LogP contribution in [0, 0.1) is 10.1 Å². The molecule has 0 saturated carbocycles. The summed E-state index contributed by atoms with van der Waals surface area (Å²) in [6.45, 7) is 0.670. The van der Waals surface area contributed by atoms with Gasteiger partial charge >= 0.3 is 11.9 Å². The number of hydrogen-bond donors (Lipinski definition) is 1. The van der Waals surface area contributed by atoms with Crippen molar-refractivity contribution in [3.8, 4) is 5.75 Å². The van der Waals surface area contributed by atoms with E-state index < -0.39 is 22.8 Å². The summed E-state index contributed by atoms with van der Waals surface area (Å²) in [4.78, 5) is 47.9. The molecule has 0 atom stereocenters. The highest BCUT2D eigenvalue weighted by atomic mass is 32.1. The Morgan fingerprint density at radius 1 is 1.08 bits per heavy atom. The molecule has 194 valence electrons. The Labute approximate surface area is 214 Å². The molecule has 0 aliphatic rings. The lowest BCUT2D eigenvalue weighted by atomic mass is 10.2. The minimum absolute atomic E-state index is 0.120. The van der Waals surface area contributed by atoms with Crippen LogP contribution in [0.2, 0.25) is 0 Å². The third-order valence-electron chi connectivity index (χ3n) is 4.94. The van der Waals surface area contributed by atoms with E-state index in [1.807, 2.05) is 0 Å². The molecule has 15 heteroatoms. The fourth-order valence-corrected chi connectivity index (χ4v) is 3.89. The minimum Gasteiger partial charge on any atom is -0.494 e. The second-order valence-electron chi connectivity index (χ2n) is 7.38. The first-order valence-corrected chi connectivity index (χ1v) is 11.3. The molecule has 1 N–H and O–H groups in total. The first-order valence-electron chi connectivity index (χ1n) is 10.5. The van der Waals surface area contributed by atoms with Crippen molar-refractivity contribution >= 4 is 68.0 Å². The molecule has 0 fully saturated rings. The number of methoxy groups -OCH3 is 3. The Morgan fingerprint density at radius 3 is 2.32 bits per heavy atom. The number of carbonyl (C=O) groups excluding carboxylic acids is 3. The fraction of sp³-hybridized carbons (Fsp3) is 0.273. The number of azo groups is 1. The van der Waals surface area contributed by atoms with Crippen LogP contribution in [-0.4, -0.2) is 61.6 Å². The number of anilines is 2. The summed E-state index contributed by atoms with van der Waals surface area (Å²) in [7, 11) is 3.79. The number of non-ortho nitro benzene ring substituents is 1. The lowest BCUT2D eigenvalue weighted by molar-refractivity contribution is -0.384. The minimum atomic E-state index is -0.623. The van der Waals surface area contributed by atoms with Crippen LogP contribution in [0.1, 0.15) is 6.92 Å². The van der Waals surface area contributed by atoms with Gasteiger partial charge in [-0.2, -0.15) is 4.37 Å². The highest BCUT2D eigenvalue weighted by Crippen LogP contribution is 2.41. The number of hydrogen-bond acceptors (Lipinski definition) is 13. The predicted molar refractivity (Wildman–Crippen MR) is 134 cm³/mol. The summed E-state index contributed by atoms with van der Waals surface area (Å²) in [6, 6.07) is 7.13. The van der Waals surface area contributed by atoms with Gasteiger partial charge in [-0.25, -0.2) is 0 Å². The van der Waals surface area contributed by atoms with Crippen molar-refractivity contribution in [1.29, 1.82) is 0 Å². The number of amides is 1. The van der Waals surface area contributed by atoms with E-state index in [-0.39, 0.29) is 41.6 Å². The van der Waals surface area contributed by atoms with Gasteiger partial charge in [0.2, 0.25) is 5.91 Å². The number of fused-ring (bicyclic) bond motifs is 1. The van der Waals surface area contributed by atoms with E-state index >= 15 is 0 Å². The van der Waals surface area contributed by atoms with Crippen LogP contribution in [0.5, 0.6) is 5.75 Å². The maximum atomic E-state index is 12.0. The van der Waals surface area contributed by atoms with Gasteiger partial charge in [0.1, 0.15) is 24.5 Å². The van der Waals surface area contributed by atoms with E-state index in [1.165, 1.54) is 63.5 Å². The van der Waals surface area contributed by atoms with E-state index in [0.717, 1.165) is 11.5 Å². The van der Waals surface area contributed by atoms with Crippen molar-refractivity contribution in [3.05, 3.63) is 40.4 Å². The fourth-order valence-electron chi connectivity index (χ4n) is 3.21. The van der Waals surface area contributed by atoms with Crippen LogP contribution < -0.4 is 15.0 Å². The first kappa shape index (κ1) is 26.9. The molecule has 0 aliphatic heterocycles. The van der Waals surface area contributed by atoms with Crippen LogP contribution in [0.4, 0.5) is 27.8 Å². The lowest BCUT2D eigenvalue weighted by Gasteiger charge is -2.25. The largest absolute Gasteiger partial charge is 0.494 e. The smallest absolute Gasteiger partial charge is 0.325 e. The molecule has 0 aliphatic carbocycles. The number of nitrogens with zero attached hydrogens (tertiary/aromatic N) is 5. The van der Waals surface area contributed by atoms with Crippen molar-refractivity contribution in [1.82, 2.24) is 4.37 Å². The van der Waals surface area contributed by atoms with Crippen molar-refractivity contribution < 1.29 is 33.5 Å². The van der Waals surface area contributed by atoms with E-state index in [2.05, 4.69) is 19.9 Å². The predicted octanol–water partition coefficient (Wildman–Crippen LogP) is 3.74. The average Bonchev–Trinajstić information content (AvgIpc) is 3.28. The van der Waals surface area contributed by atoms with Gasteiger partial charge in [0.15, 0.2) is 5.00 Å². The van der Waals surface area contributed by atoms with Gasteiger partial charge in [0.25, 0.3) is 5.69 Å². The first-order chi connectivity index (χ1) is 17.7. The molecule has 0 unspecified atom stereocenters. The van der Waals surface area contributed by atoms with Crippen molar-refractivity contribution in [3.63, 3.8) is 0 Å². The summed E-state index contributed by atoms with van der Waals surface area (Å²) in [5, 5.41) is 23.0. The Bertz CT molecular complexity index is 1370. The SMILES string of the molecule is COC(=O)CN(CC(=O)OC)c1cc(NC(C)=O)c(/N=N/c2snc3ccc([N+](=O)[O-])cc23)cc1OC. The number of carbonyl (C=O) groups is 3. The van der Waals surface area contributed by atoms with Gasteiger partial charge in [0, 0.05) is 30.5 Å². The maximum absolute atomic E-state index is 12.0. The standard InChI is InChI=1S/C22H22N6O8S/c1-12(29)23-16-8-18(27(10-20(30)35-3)11-21(31)36-4)19(34-2)9-17(16)24-25-22-14-7-13(28(32)33)5-6-15(14)26-37-22/h5-9H,10-11H2,1-4H3,(H,23,29)/b25-24+. The summed E-state index contributed by atoms with van der Waals surface area (Å²) in [6.07, 6.45) is 0. The van der Waals surface area contributed by atoms with Crippen LogP contribution in [0.3, 0.4) is 0 Å². The molecule has 0 radical (unpaired) electrons. The van der Waals surface area contributed by atoms with E-state index in [0.29, 0.717) is 15.9 Å². The Kier molecular flexibility index (Phi) is 8.63. The van der Waals surface area contributed by atoms with Gasteiger partial charge < -0.3 is 24.4 Å². The zero-order chi connectivity index (χ0) is 27.1. The van der Waals surface area contributed by atoms with Gasteiger partial charge in [-0.15, -0.1) is 10.2 Å². The molecule has 3 aromatic rings. The molecule has 0 spiro atoms. The van der Waals surface area contributed by atoms with Crippen LogP contribution in [0.15, 0.2) is 40.6 Å². The monoisotopic (exact) mass is 530 g/mol. The number of ether oxygens (including phenoxy) is 3. The molecule has 1 amide bonds. The van der Waals surface area contributed by atoms with E-state index in [4.69, 9.17) is 14.2 Å². The quantitative estimate of drug-likeness (QED) is 0.176. The van der Waals surface area contributed by atoms with Crippen molar-refractivity contribution in [2.24, 2.45) is 10.2 Å². The van der Waals surface area contributed by atoms with Crippen molar-refractivity contribution in [2.45, 2.75) is 6.92 Å². The number of rotatable bonds is 10. The molecule has 0 bridgehead atoms. The molecule has 2 aromatic carbocycles. The number of aromatic nitrogens is 1. The van der Waals surface area contributed by atoms with Gasteiger partial charge in [-0.05, 0) is 23.7 Å². The third kappa shape index (κ3) is 6.52. The summed E-state index contributed by atoms with van der Waals surface area (Å²) in [5.74, 6) is -1.46. The Hall–Kier alpha value is -4.66. The van der Waals surface area contributed by atoms with Crippen molar-refractivity contribution in [2.75, 3.05) is 44.6 Å². The van der Waals surface area contributed by atoms with Crippen LogP contribution in [0.25, 0.3) is 10.9 Å². The molecule has 14 nitrogen and oxygen atoms in total. The van der Waals surface area contributed by atoms with E-state index in [1.54, 1.807) is 0 Å². The van der Waals surface area contributed by atoms with Gasteiger partial charge in [-0.3, -0.25) is 24.5 Å². The third-order valence-corrected chi connectivity index (χ3v) is 5.71. The summed E-state index contributed by atoms with van der Waals surface area (Å²) >= 11 is 0.996. The zero-order valence-electron chi connectivity index (χ0n) is 20.2. The van der Waals surface area contributed by atoms with E-state index in [9.17, 15) is 24.5 Å². The molecular weight excluding hydrogens is 508 g/mol. The average molecular weight is 531 g/mol. The number of nitro groups is 1. The number of nitro benzene ring substituents is 1. The summed E-state index contributed by atoms with van der Waals surface area (Å²) in [5.41, 5.74) is 1.05. The molecule has 0 saturated heterocycles. The van der Waals surface area contributed by atoms with Crippen LogP contribution >= 0.6 is 11.5 Å². The summed E-state index contributed by atoms with van der Waals surface area (Å²) < 4.78 is 19.1. The molecule has 1 aromatic heterocycles. The zero-order valence-corrected chi connectivity index (χ0v) is 21.0. The molecule has 3 rings (SSSR count). The number of benzene rings is 2. The Balaban J connectivity index is 2.09. The molecule has 1 heterocycles. The van der Waals surface area contributed by atoms with Gasteiger partial charge in [-0.1, -0.05) is 0 Å². The topological polar surface area (TPSA) is 175 Å². The molecule has 37 heavy (non-hydrogen) atoms. The Morgan fingerprint density at radius 2 is 1.76 bits per heavy atom. The lowest BCUT2D eigenvalue weighted by Crippen LogP contribution is -2.36. The van der Waals surface area contributed by atoms with Crippen LogP contribution in [-0.2, 0) is 23.9 Å².